The van der Waals surface area contributed by atoms with E-state index in [1.807, 2.05) is 73.0 Å². The van der Waals surface area contributed by atoms with E-state index in [9.17, 15) is 4.79 Å². The summed E-state index contributed by atoms with van der Waals surface area (Å²) in [6.45, 7) is 2.74. The molecule has 0 radical (unpaired) electrons. The molecule has 4 aromatic rings. The van der Waals surface area contributed by atoms with Crippen LogP contribution in [0.2, 0.25) is 0 Å². The van der Waals surface area contributed by atoms with Crippen molar-refractivity contribution in [2.75, 3.05) is 5.32 Å². The summed E-state index contributed by atoms with van der Waals surface area (Å²) in [4.78, 5) is 21.0. The number of hydrogen-bond donors (Lipinski definition) is 1. The molecule has 0 aliphatic carbocycles. The van der Waals surface area contributed by atoms with E-state index >= 15 is 0 Å². The van der Waals surface area contributed by atoms with Gasteiger partial charge in [-0.3, -0.25) is 9.78 Å². The van der Waals surface area contributed by atoms with Gasteiger partial charge in [-0.25, -0.2) is 4.98 Å². The number of nitrogens with one attached hydrogen (secondary N) is 1. The molecule has 166 valence electrons. The third-order valence-corrected chi connectivity index (χ3v) is 5.38. The molecule has 0 aliphatic rings. The van der Waals surface area contributed by atoms with Crippen molar-refractivity contribution in [3.8, 4) is 11.5 Å². The van der Waals surface area contributed by atoms with Crippen LogP contribution in [-0.2, 0) is 18.0 Å². The molecule has 6 nitrogen and oxygen atoms in total. The zero-order valence-electron chi connectivity index (χ0n) is 18.1. The van der Waals surface area contributed by atoms with Crippen molar-refractivity contribution in [2.24, 2.45) is 0 Å². The number of amides is 1. The highest BCUT2D eigenvalue weighted by Gasteiger charge is 2.03. The van der Waals surface area contributed by atoms with Gasteiger partial charge >= 0.3 is 0 Å². The van der Waals surface area contributed by atoms with E-state index in [1.54, 1.807) is 29.7 Å². The number of pyridine rings is 1. The summed E-state index contributed by atoms with van der Waals surface area (Å²) in [6, 6.07) is 20.5. The third-order valence-electron chi connectivity index (χ3n) is 4.55. The molecule has 1 amide bonds. The highest BCUT2D eigenvalue weighted by atomic mass is 32.1. The molecule has 2 aromatic heterocycles. The number of rotatable bonds is 9. The van der Waals surface area contributed by atoms with Gasteiger partial charge in [0.2, 0.25) is 5.91 Å². The topological polar surface area (TPSA) is 73.3 Å². The normalized spacial score (nSPS) is 10.8. The molecule has 0 aliphatic heterocycles. The maximum Gasteiger partial charge on any atom is 0.248 e. The lowest BCUT2D eigenvalue weighted by Crippen LogP contribution is -2.08. The van der Waals surface area contributed by atoms with Gasteiger partial charge in [0, 0.05) is 29.4 Å². The number of aryl methyl sites for hydroxylation is 1. The Kier molecular flexibility index (Phi) is 7.45. The molecular formula is C26H23N3O3S. The average Bonchev–Trinajstić information content (AvgIpc) is 3.26. The van der Waals surface area contributed by atoms with Crippen molar-refractivity contribution in [3.05, 3.63) is 106 Å². The van der Waals surface area contributed by atoms with Crippen molar-refractivity contribution in [3.63, 3.8) is 0 Å². The van der Waals surface area contributed by atoms with Gasteiger partial charge in [0.1, 0.15) is 24.7 Å². The van der Waals surface area contributed by atoms with Gasteiger partial charge < -0.3 is 14.8 Å². The highest BCUT2D eigenvalue weighted by Crippen LogP contribution is 2.19. The molecule has 33 heavy (non-hydrogen) atoms. The maximum absolute atomic E-state index is 12.4. The van der Waals surface area contributed by atoms with E-state index in [0.29, 0.717) is 24.7 Å². The summed E-state index contributed by atoms with van der Waals surface area (Å²) in [7, 11) is 0. The molecule has 0 atom stereocenters. The molecular weight excluding hydrogens is 434 g/mol. The fraction of sp³-hybridized carbons (Fsp3) is 0.115. The van der Waals surface area contributed by atoms with E-state index in [0.717, 1.165) is 27.7 Å². The molecule has 0 unspecified atom stereocenters. The molecule has 1 N–H and O–H groups in total. The summed E-state index contributed by atoms with van der Waals surface area (Å²) in [5.74, 6) is 1.14. The number of carbonyl (C=O) groups is 1. The predicted molar refractivity (Wildman–Crippen MR) is 130 cm³/mol. The van der Waals surface area contributed by atoms with Crippen LogP contribution >= 0.6 is 11.3 Å². The second-order valence-corrected chi connectivity index (χ2v) is 8.24. The Morgan fingerprint density at radius 3 is 2.52 bits per heavy atom. The third kappa shape index (κ3) is 7.02. The van der Waals surface area contributed by atoms with Crippen molar-refractivity contribution < 1.29 is 14.3 Å². The lowest BCUT2D eigenvalue weighted by Gasteiger charge is -2.08. The van der Waals surface area contributed by atoms with Crippen LogP contribution < -0.4 is 14.8 Å². The maximum atomic E-state index is 12.4. The van der Waals surface area contributed by atoms with Crippen LogP contribution in [0.5, 0.6) is 11.5 Å². The van der Waals surface area contributed by atoms with Gasteiger partial charge in [0.15, 0.2) is 0 Å². The number of hydrogen-bond acceptors (Lipinski definition) is 6. The van der Waals surface area contributed by atoms with Crippen molar-refractivity contribution in [1.82, 2.24) is 9.97 Å². The van der Waals surface area contributed by atoms with Crippen LogP contribution in [0.15, 0.2) is 84.4 Å². The average molecular weight is 458 g/mol. The monoisotopic (exact) mass is 457 g/mol. The Balaban J connectivity index is 1.30. The molecule has 4 rings (SSSR count). The first-order valence-electron chi connectivity index (χ1n) is 10.4. The quantitative estimate of drug-likeness (QED) is 0.329. The Labute approximate surface area is 196 Å². The molecule has 0 bridgehead atoms. The highest BCUT2D eigenvalue weighted by molar-refractivity contribution is 7.09. The van der Waals surface area contributed by atoms with E-state index < -0.39 is 0 Å². The Bertz CT molecular complexity index is 1240. The zero-order chi connectivity index (χ0) is 22.9. The van der Waals surface area contributed by atoms with Crippen LogP contribution in [0, 0.1) is 6.92 Å². The van der Waals surface area contributed by atoms with Crippen LogP contribution in [-0.4, -0.2) is 15.9 Å². The van der Waals surface area contributed by atoms with Crippen molar-refractivity contribution in [2.45, 2.75) is 20.1 Å². The van der Waals surface area contributed by atoms with Crippen LogP contribution in [0.3, 0.4) is 0 Å². The molecule has 0 saturated heterocycles. The van der Waals surface area contributed by atoms with E-state index in [2.05, 4.69) is 15.3 Å². The largest absolute Gasteiger partial charge is 0.487 e. The SMILES string of the molecule is Cc1nc(COc2cccc(/C=C/C(=O)Nc3cccc(OCc4ccccn4)c3)c2)cs1. The Morgan fingerprint density at radius 2 is 1.76 bits per heavy atom. The molecule has 2 heterocycles. The van der Waals surface area contributed by atoms with E-state index in [1.165, 1.54) is 6.08 Å². The summed E-state index contributed by atoms with van der Waals surface area (Å²) in [6.07, 6.45) is 4.96. The molecule has 0 spiro atoms. The van der Waals surface area contributed by atoms with Gasteiger partial charge in [0.25, 0.3) is 0 Å². The van der Waals surface area contributed by atoms with Crippen molar-refractivity contribution in [1.29, 1.82) is 0 Å². The molecule has 7 heteroatoms. The number of anilines is 1. The minimum Gasteiger partial charge on any atom is -0.487 e. The first kappa shape index (κ1) is 22.2. The summed E-state index contributed by atoms with van der Waals surface area (Å²) >= 11 is 1.60. The standard InChI is InChI=1S/C26H23N3O3S/c1-19-28-23(18-33-19)17-32-24-9-4-6-20(14-24)11-12-26(30)29-21-8-5-10-25(15-21)31-16-22-7-2-3-13-27-22/h2-15,18H,16-17H2,1H3,(H,29,30)/b12-11+. The van der Waals surface area contributed by atoms with Crippen molar-refractivity contribution >= 4 is 29.0 Å². The summed E-state index contributed by atoms with van der Waals surface area (Å²) in [5, 5.41) is 5.86. The number of thiazole rings is 1. The summed E-state index contributed by atoms with van der Waals surface area (Å²) < 4.78 is 11.6. The Hall–Kier alpha value is -3.97. The van der Waals surface area contributed by atoms with Crippen LogP contribution in [0.4, 0.5) is 5.69 Å². The van der Waals surface area contributed by atoms with E-state index in [4.69, 9.17) is 9.47 Å². The van der Waals surface area contributed by atoms with E-state index in [-0.39, 0.29) is 5.91 Å². The number of nitrogens with zero attached hydrogens (tertiary/aromatic N) is 2. The fourth-order valence-corrected chi connectivity index (χ4v) is 3.60. The lowest BCUT2D eigenvalue weighted by molar-refractivity contribution is -0.111. The minimum atomic E-state index is -0.235. The van der Waals surface area contributed by atoms with Crippen LogP contribution in [0.1, 0.15) is 22.0 Å². The second-order valence-electron chi connectivity index (χ2n) is 7.18. The Morgan fingerprint density at radius 1 is 0.970 bits per heavy atom. The molecule has 0 saturated carbocycles. The van der Waals surface area contributed by atoms with Gasteiger partial charge in [0.05, 0.1) is 16.4 Å². The number of aromatic nitrogens is 2. The predicted octanol–water partition coefficient (Wildman–Crippen LogP) is 5.66. The van der Waals surface area contributed by atoms with Gasteiger partial charge in [-0.15, -0.1) is 11.3 Å². The fourth-order valence-electron chi connectivity index (χ4n) is 3.00. The van der Waals surface area contributed by atoms with Gasteiger partial charge in [-0.1, -0.05) is 24.3 Å². The van der Waals surface area contributed by atoms with Crippen LogP contribution in [0.25, 0.3) is 6.08 Å². The first-order valence-corrected chi connectivity index (χ1v) is 11.3. The number of benzene rings is 2. The molecule has 0 fully saturated rings. The second kappa shape index (κ2) is 11.1. The smallest absolute Gasteiger partial charge is 0.248 e. The zero-order valence-corrected chi connectivity index (χ0v) is 18.9. The lowest BCUT2D eigenvalue weighted by atomic mass is 10.2. The molecule has 2 aromatic carbocycles. The number of ether oxygens (including phenoxy) is 2. The minimum absolute atomic E-state index is 0.235. The first-order chi connectivity index (χ1) is 16.1. The van der Waals surface area contributed by atoms with Gasteiger partial charge in [-0.05, 0) is 55.0 Å². The number of carbonyl (C=O) groups excluding carboxylic acids is 1. The van der Waals surface area contributed by atoms with Gasteiger partial charge in [-0.2, -0.15) is 0 Å². The summed E-state index contributed by atoms with van der Waals surface area (Å²) in [5.41, 5.74) is 3.26.